The van der Waals surface area contributed by atoms with Crippen LogP contribution in [0.2, 0.25) is 0 Å². The van der Waals surface area contributed by atoms with Crippen LogP contribution in [-0.2, 0) is 21.7 Å². The molecule has 1 aromatic carbocycles. The smallest absolute Gasteiger partial charge is 0.261 e. The molecule has 3 aromatic heterocycles. The average molecular weight is 427 g/mol. The molecular weight excluding hydrogens is 406 g/mol. The second kappa shape index (κ2) is 6.89. The van der Waals surface area contributed by atoms with Gasteiger partial charge in [0.15, 0.2) is 11.2 Å². The molecule has 2 aliphatic heterocycles. The minimum atomic E-state index is -0.898. The largest absolute Gasteiger partial charge is 0.360 e. The third-order valence-corrected chi connectivity index (χ3v) is 6.25. The highest BCUT2D eigenvalue weighted by Crippen LogP contribution is 2.46. The van der Waals surface area contributed by atoms with E-state index in [1.165, 1.54) is 0 Å². The van der Waals surface area contributed by atoms with Crippen LogP contribution in [0.3, 0.4) is 0 Å². The number of aromatic nitrogens is 6. The Bertz CT molecular complexity index is 1370. The van der Waals surface area contributed by atoms with E-state index in [9.17, 15) is 4.79 Å². The Balaban J connectivity index is 1.53. The van der Waals surface area contributed by atoms with E-state index >= 15 is 0 Å². The highest BCUT2D eigenvalue weighted by Gasteiger charge is 2.50. The number of aryl methyl sites for hydroxylation is 2. The second-order valence-corrected chi connectivity index (χ2v) is 8.09. The Kier molecular flexibility index (Phi) is 4.09. The van der Waals surface area contributed by atoms with Crippen molar-refractivity contribution in [3.05, 3.63) is 48.3 Å². The molecule has 32 heavy (non-hydrogen) atoms. The van der Waals surface area contributed by atoms with E-state index in [0.717, 1.165) is 40.3 Å². The molecule has 4 aromatic rings. The molecular formula is C23H21N7O2. The van der Waals surface area contributed by atoms with Gasteiger partial charge in [-0.05, 0) is 38.8 Å². The van der Waals surface area contributed by atoms with E-state index in [4.69, 9.17) is 9.72 Å². The van der Waals surface area contributed by atoms with E-state index in [-0.39, 0.29) is 5.91 Å². The summed E-state index contributed by atoms with van der Waals surface area (Å²) in [7, 11) is 0. The lowest BCUT2D eigenvalue weighted by Crippen LogP contribution is -2.33. The molecule has 9 heteroatoms. The van der Waals surface area contributed by atoms with Crippen molar-refractivity contribution in [1.82, 2.24) is 29.5 Å². The van der Waals surface area contributed by atoms with E-state index in [2.05, 4.69) is 32.2 Å². The normalized spacial score (nSPS) is 19.6. The van der Waals surface area contributed by atoms with Crippen LogP contribution in [0.5, 0.6) is 0 Å². The number of benzene rings is 1. The quantitative estimate of drug-likeness (QED) is 0.535. The number of carbonyl (C=O) groups is 1. The van der Waals surface area contributed by atoms with Crippen LogP contribution in [-0.4, -0.2) is 42.0 Å². The predicted molar refractivity (Wildman–Crippen MR) is 118 cm³/mol. The third kappa shape index (κ3) is 2.61. The fraction of sp³-hybridized carbons (Fsp3) is 0.304. The fourth-order valence-electron chi connectivity index (χ4n) is 4.69. The van der Waals surface area contributed by atoms with Crippen LogP contribution in [0.15, 0.2) is 36.9 Å². The number of hydrogen-bond donors (Lipinski definition) is 1. The molecule has 0 radical (unpaired) electrons. The Labute approximate surface area is 183 Å². The molecule has 0 unspecified atom stereocenters. The summed E-state index contributed by atoms with van der Waals surface area (Å²) in [6.45, 7) is 5.17. The van der Waals surface area contributed by atoms with Crippen LogP contribution >= 0.6 is 0 Å². The number of imidazole rings is 1. The zero-order chi connectivity index (χ0) is 21.9. The van der Waals surface area contributed by atoms with Crippen LogP contribution in [0.4, 0.5) is 5.69 Å². The number of nitrogens with one attached hydrogen (secondary N) is 1. The first-order chi connectivity index (χ1) is 15.6. The summed E-state index contributed by atoms with van der Waals surface area (Å²) in [6, 6.07) is 5.87. The Morgan fingerprint density at radius 1 is 1.16 bits per heavy atom. The maximum atomic E-state index is 12.7. The highest BCUT2D eigenvalue weighted by molar-refractivity contribution is 6.06. The minimum absolute atomic E-state index is 0.0908. The van der Waals surface area contributed by atoms with Gasteiger partial charge in [0.05, 0.1) is 5.56 Å². The van der Waals surface area contributed by atoms with Crippen molar-refractivity contribution >= 4 is 22.8 Å². The van der Waals surface area contributed by atoms with E-state index in [1.54, 1.807) is 18.7 Å². The highest BCUT2D eigenvalue weighted by atomic mass is 16.5. The summed E-state index contributed by atoms with van der Waals surface area (Å²) >= 11 is 0. The summed E-state index contributed by atoms with van der Waals surface area (Å²) in [6.07, 6.45) is 6.64. The summed E-state index contributed by atoms with van der Waals surface area (Å²) < 4.78 is 7.98. The lowest BCUT2D eigenvalue weighted by Gasteiger charge is -2.20. The van der Waals surface area contributed by atoms with E-state index in [0.29, 0.717) is 36.6 Å². The number of hydrogen-bond acceptors (Lipinski definition) is 7. The van der Waals surface area contributed by atoms with Gasteiger partial charge >= 0.3 is 0 Å². The summed E-state index contributed by atoms with van der Waals surface area (Å²) in [5, 5.41) is 2.96. The van der Waals surface area contributed by atoms with Gasteiger partial charge in [-0.1, -0.05) is 6.07 Å². The third-order valence-electron chi connectivity index (χ3n) is 6.25. The first-order valence-corrected chi connectivity index (χ1v) is 10.7. The van der Waals surface area contributed by atoms with Gasteiger partial charge in [0.2, 0.25) is 0 Å². The molecule has 5 heterocycles. The summed E-state index contributed by atoms with van der Waals surface area (Å²) in [5.41, 5.74) is 4.61. The monoisotopic (exact) mass is 427 g/mol. The Hall–Kier alpha value is -3.72. The SMILES string of the molecule is CCn1c(-c2cnc(C)nc2)nc2c(-c3ccc4c(c3)[C@]3(CCCO3)C(=O)N4)ncnc21. The van der Waals surface area contributed by atoms with Crippen LogP contribution in [0, 0.1) is 6.92 Å². The lowest BCUT2D eigenvalue weighted by molar-refractivity contribution is -0.135. The zero-order valence-electron chi connectivity index (χ0n) is 17.8. The van der Waals surface area contributed by atoms with Gasteiger partial charge in [0.1, 0.15) is 29.2 Å². The number of nitrogens with zero attached hydrogens (tertiary/aromatic N) is 6. The maximum absolute atomic E-state index is 12.7. The van der Waals surface area contributed by atoms with Gasteiger partial charge in [-0.25, -0.2) is 24.9 Å². The fourth-order valence-corrected chi connectivity index (χ4v) is 4.69. The molecule has 0 bridgehead atoms. The Morgan fingerprint density at radius 3 is 2.75 bits per heavy atom. The molecule has 1 fully saturated rings. The molecule has 9 nitrogen and oxygen atoms in total. The topological polar surface area (TPSA) is 108 Å². The molecule has 1 spiro atoms. The Morgan fingerprint density at radius 2 is 2.00 bits per heavy atom. The van der Waals surface area contributed by atoms with Crippen LogP contribution in [0.25, 0.3) is 33.8 Å². The molecule has 1 atom stereocenters. The summed E-state index contributed by atoms with van der Waals surface area (Å²) in [4.78, 5) is 35.3. The molecule has 2 aliphatic rings. The number of carbonyl (C=O) groups excluding carboxylic acids is 1. The van der Waals surface area contributed by atoms with E-state index < -0.39 is 5.60 Å². The zero-order valence-corrected chi connectivity index (χ0v) is 17.8. The molecule has 1 N–H and O–H groups in total. The maximum Gasteiger partial charge on any atom is 0.261 e. The van der Waals surface area contributed by atoms with Crippen molar-refractivity contribution in [2.24, 2.45) is 0 Å². The standard InChI is InChI=1S/C23H21N7O2/c1-3-30-20(15-10-24-13(2)25-11-15)29-19-18(26-12-27-21(19)30)14-5-6-17-16(9-14)23(22(31)28-17)7-4-8-32-23/h5-6,9-12H,3-4,7-8H2,1-2H3,(H,28,31)/t23-/m1/s1. The summed E-state index contributed by atoms with van der Waals surface area (Å²) in [5.74, 6) is 1.36. The van der Waals surface area contributed by atoms with Crippen molar-refractivity contribution in [2.75, 3.05) is 11.9 Å². The van der Waals surface area contributed by atoms with Crippen molar-refractivity contribution in [3.63, 3.8) is 0 Å². The predicted octanol–water partition coefficient (Wildman–Crippen LogP) is 3.24. The van der Waals surface area contributed by atoms with Crippen molar-refractivity contribution in [1.29, 1.82) is 0 Å². The molecule has 1 amide bonds. The van der Waals surface area contributed by atoms with Crippen molar-refractivity contribution in [3.8, 4) is 22.6 Å². The van der Waals surface area contributed by atoms with Gasteiger partial charge in [-0.2, -0.15) is 0 Å². The van der Waals surface area contributed by atoms with Gasteiger partial charge in [0.25, 0.3) is 5.91 Å². The molecule has 1 saturated heterocycles. The molecule has 160 valence electrons. The van der Waals surface area contributed by atoms with Gasteiger partial charge in [-0.15, -0.1) is 0 Å². The van der Waals surface area contributed by atoms with Gasteiger partial charge < -0.3 is 14.6 Å². The number of ether oxygens (including phenoxy) is 1. The van der Waals surface area contributed by atoms with Crippen molar-refractivity contribution in [2.45, 2.75) is 38.8 Å². The number of amides is 1. The van der Waals surface area contributed by atoms with Crippen LogP contribution in [0.1, 0.15) is 31.2 Å². The second-order valence-electron chi connectivity index (χ2n) is 8.09. The van der Waals surface area contributed by atoms with Gasteiger partial charge in [0, 0.05) is 42.4 Å². The average Bonchev–Trinajstić information content (AvgIpc) is 3.51. The number of anilines is 1. The minimum Gasteiger partial charge on any atom is -0.360 e. The number of fused-ring (bicyclic) bond motifs is 3. The lowest BCUT2D eigenvalue weighted by atomic mass is 9.90. The van der Waals surface area contributed by atoms with E-state index in [1.807, 2.05) is 29.7 Å². The van der Waals surface area contributed by atoms with Gasteiger partial charge in [-0.3, -0.25) is 4.79 Å². The first kappa shape index (κ1) is 19.0. The number of rotatable bonds is 3. The first-order valence-electron chi connectivity index (χ1n) is 10.7. The van der Waals surface area contributed by atoms with Crippen molar-refractivity contribution < 1.29 is 9.53 Å². The molecule has 0 aliphatic carbocycles. The molecule has 6 rings (SSSR count). The molecule has 0 saturated carbocycles. The van der Waals surface area contributed by atoms with Crippen LogP contribution < -0.4 is 5.32 Å².